The number of hydrogen-bond donors (Lipinski definition) is 1. The van der Waals surface area contributed by atoms with Crippen LogP contribution in [0.4, 0.5) is 0 Å². The van der Waals surface area contributed by atoms with E-state index in [4.69, 9.17) is 9.47 Å². The SMILES string of the molecule is COc1ccc([C@@H]2[C@@H](c3ccc(OC)cc3)C[C@](O)(c3ccc(C)cc3)[C@H]2C(=O)c2ccc(C)cc2)cc1. The monoisotopic (exact) mass is 506 g/mol. The van der Waals surface area contributed by atoms with Crippen molar-refractivity contribution in [1.82, 2.24) is 0 Å². The number of hydrogen-bond acceptors (Lipinski definition) is 4. The van der Waals surface area contributed by atoms with Gasteiger partial charge in [-0.1, -0.05) is 83.9 Å². The predicted molar refractivity (Wildman–Crippen MR) is 150 cm³/mol. The van der Waals surface area contributed by atoms with Crippen LogP contribution in [0.15, 0.2) is 97.1 Å². The number of carbonyl (C=O) groups is 1. The number of aryl methyl sites for hydroxylation is 2. The number of aliphatic hydroxyl groups is 1. The molecule has 4 aromatic rings. The molecule has 1 N–H and O–H groups in total. The quantitative estimate of drug-likeness (QED) is 0.275. The lowest BCUT2D eigenvalue weighted by atomic mass is 9.73. The second-order valence-electron chi connectivity index (χ2n) is 10.4. The summed E-state index contributed by atoms with van der Waals surface area (Å²) in [6.07, 6.45) is 0.418. The first-order valence-corrected chi connectivity index (χ1v) is 13.0. The Hall–Kier alpha value is -3.89. The normalized spacial score (nSPS) is 22.7. The van der Waals surface area contributed by atoms with Crippen LogP contribution in [0.5, 0.6) is 11.5 Å². The summed E-state index contributed by atoms with van der Waals surface area (Å²) in [4.78, 5) is 14.4. The second kappa shape index (κ2) is 10.5. The van der Waals surface area contributed by atoms with Crippen LogP contribution in [-0.4, -0.2) is 25.1 Å². The lowest BCUT2D eigenvalue weighted by Crippen LogP contribution is -2.38. The van der Waals surface area contributed by atoms with E-state index in [1.54, 1.807) is 14.2 Å². The molecule has 0 bridgehead atoms. The third kappa shape index (κ3) is 4.72. The van der Waals surface area contributed by atoms with Crippen molar-refractivity contribution in [2.45, 2.75) is 37.7 Å². The Balaban J connectivity index is 1.71. The van der Waals surface area contributed by atoms with Gasteiger partial charge in [-0.15, -0.1) is 0 Å². The van der Waals surface area contributed by atoms with E-state index in [-0.39, 0.29) is 17.6 Å². The fourth-order valence-electron chi connectivity index (χ4n) is 5.96. The standard InChI is InChI=1S/C34H34O4/c1-22-5-9-26(10-6-22)33(35)32-31(25-13-19-29(38-4)20-14-25)30(24-11-17-28(37-3)18-12-24)21-34(32,36)27-15-7-23(2)8-16-27/h5-20,30-32,36H,21H2,1-4H3/t30-,31-,32-,34+/m1/s1. The molecule has 4 atom stereocenters. The third-order valence-corrected chi connectivity index (χ3v) is 8.05. The molecule has 1 saturated carbocycles. The van der Waals surface area contributed by atoms with E-state index in [1.807, 2.05) is 111 Å². The molecule has 0 unspecified atom stereocenters. The molecule has 0 spiro atoms. The minimum absolute atomic E-state index is 0.0510. The van der Waals surface area contributed by atoms with Gasteiger partial charge in [0.15, 0.2) is 5.78 Å². The minimum Gasteiger partial charge on any atom is -0.497 e. The molecular formula is C34H34O4. The van der Waals surface area contributed by atoms with Gasteiger partial charge in [-0.3, -0.25) is 4.79 Å². The largest absolute Gasteiger partial charge is 0.497 e. The van der Waals surface area contributed by atoms with Gasteiger partial charge in [0.05, 0.1) is 20.1 Å². The Bertz CT molecular complexity index is 1390. The van der Waals surface area contributed by atoms with E-state index >= 15 is 0 Å². The van der Waals surface area contributed by atoms with Gasteiger partial charge in [0.1, 0.15) is 17.1 Å². The molecular weight excluding hydrogens is 472 g/mol. The van der Waals surface area contributed by atoms with Crippen LogP contribution < -0.4 is 9.47 Å². The zero-order valence-electron chi connectivity index (χ0n) is 22.3. The van der Waals surface area contributed by atoms with E-state index in [9.17, 15) is 9.90 Å². The van der Waals surface area contributed by atoms with Crippen LogP contribution in [0, 0.1) is 19.8 Å². The number of methoxy groups -OCH3 is 2. The van der Waals surface area contributed by atoms with Gasteiger partial charge < -0.3 is 14.6 Å². The fraction of sp³-hybridized carbons (Fsp3) is 0.265. The zero-order chi connectivity index (χ0) is 26.9. The van der Waals surface area contributed by atoms with Crippen LogP contribution in [0.25, 0.3) is 0 Å². The molecule has 4 nitrogen and oxygen atoms in total. The maximum absolute atomic E-state index is 14.4. The van der Waals surface area contributed by atoms with E-state index in [2.05, 4.69) is 0 Å². The highest BCUT2D eigenvalue weighted by atomic mass is 16.5. The summed E-state index contributed by atoms with van der Waals surface area (Å²) in [7, 11) is 3.29. The minimum atomic E-state index is -1.36. The summed E-state index contributed by atoms with van der Waals surface area (Å²) in [5, 5.41) is 12.6. The van der Waals surface area contributed by atoms with Crippen molar-refractivity contribution >= 4 is 5.78 Å². The molecule has 5 rings (SSSR count). The molecule has 0 aliphatic heterocycles. The summed E-state index contributed by atoms with van der Waals surface area (Å²) >= 11 is 0. The molecule has 0 aromatic heterocycles. The van der Waals surface area contributed by atoms with Gasteiger partial charge in [0.2, 0.25) is 0 Å². The average Bonchev–Trinajstić information content (AvgIpc) is 3.27. The molecule has 0 amide bonds. The molecule has 194 valence electrons. The van der Waals surface area contributed by atoms with E-state index in [0.29, 0.717) is 12.0 Å². The van der Waals surface area contributed by atoms with Gasteiger partial charge in [0.25, 0.3) is 0 Å². The van der Waals surface area contributed by atoms with Crippen LogP contribution in [0.1, 0.15) is 56.4 Å². The lowest BCUT2D eigenvalue weighted by Gasteiger charge is -2.33. The molecule has 38 heavy (non-hydrogen) atoms. The molecule has 1 aliphatic rings. The first-order chi connectivity index (χ1) is 18.3. The van der Waals surface area contributed by atoms with Gasteiger partial charge in [-0.25, -0.2) is 0 Å². The Kier molecular flexibility index (Phi) is 7.09. The van der Waals surface area contributed by atoms with Gasteiger partial charge in [-0.2, -0.15) is 0 Å². The van der Waals surface area contributed by atoms with Crippen molar-refractivity contribution in [3.63, 3.8) is 0 Å². The summed E-state index contributed by atoms with van der Waals surface area (Å²) in [5.74, 6) is 0.435. The summed E-state index contributed by atoms with van der Waals surface area (Å²) in [6.45, 7) is 4.03. The number of benzene rings is 4. The topological polar surface area (TPSA) is 55.8 Å². The van der Waals surface area contributed by atoms with Gasteiger partial charge in [0, 0.05) is 11.5 Å². The Morgan fingerprint density at radius 1 is 0.711 bits per heavy atom. The van der Waals surface area contributed by atoms with E-state index < -0.39 is 11.5 Å². The van der Waals surface area contributed by atoms with Crippen LogP contribution in [0.3, 0.4) is 0 Å². The average molecular weight is 507 g/mol. The highest BCUT2D eigenvalue weighted by molar-refractivity contribution is 6.00. The maximum atomic E-state index is 14.4. The van der Waals surface area contributed by atoms with Crippen LogP contribution in [-0.2, 0) is 5.60 Å². The first kappa shape index (κ1) is 25.7. The first-order valence-electron chi connectivity index (χ1n) is 13.0. The number of carbonyl (C=O) groups excluding carboxylic acids is 1. The van der Waals surface area contributed by atoms with Crippen molar-refractivity contribution in [3.05, 3.63) is 130 Å². The van der Waals surface area contributed by atoms with Crippen LogP contribution >= 0.6 is 0 Å². The highest BCUT2D eigenvalue weighted by Gasteiger charge is 2.57. The molecule has 0 saturated heterocycles. The maximum Gasteiger partial charge on any atom is 0.169 e. The predicted octanol–water partition coefficient (Wildman–Crippen LogP) is 6.98. The number of Topliss-reactive ketones (excluding diaryl/α,β-unsaturated/α-hetero) is 1. The van der Waals surface area contributed by atoms with Gasteiger partial charge >= 0.3 is 0 Å². The molecule has 1 fully saturated rings. The van der Waals surface area contributed by atoms with Crippen molar-refractivity contribution in [2.24, 2.45) is 5.92 Å². The van der Waals surface area contributed by atoms with E-state index in [0.717, 1.165) is 39.3 Å². The fourth-order valence-corrected chi connectivity index (χ4v) is 5.96. The summed E-state index contributed by atoms with van der Waals surface area (Å²) in [5.41, 5.74) is 4.28. The lowest BCUT2D eigenvalue weighted by molar-refractivity contribution is -0.000260. The molecule has 4 aromatic carbocycles. The Morgan fingerprint density at radius 2 is 1.18 bits per heavy atom. The Labute approximate surface area is 224 Å². The van der Waals surface area contributed by atoms with E-state index in [1.165, 1.54) is 0 Å². The van der Waals surface area contributed by atoms with Gasteiger partial charge in [-0.05, 0) is 67.1 Å². The number of ketones is 1. The summed E-state index contributed by atoms with van der Waals surface area (Å²) < 4.78 is 10.8. The molecule has 1 aliphatic carbocycles. The third-order valence-electron chi connectivity index (χ3n) is 8.05. The smallest absolute Gasteiger partial charge is 0.169 e. The van der Waals surface area contributed by atoms with Crippen molar-refractivity contribution in [2.75, 3.05) is 14.2 Å². The summed E-state index contributed by atoms with van der Waals surface area (Å²) in [6, 6.07) is 31.5. The molecule has 4 heteroatoms. The zero-order valence-corrected chi connectivity index (χ0v) is 22.3. The van der Waals surface area contributed by atoms with Crippen molar-refractivity contribution < 1.29 is 19.4 Å². The van der Waals surface area contributed by atoms with Crippen molar-refractivity contribution in [3.8, 4) is 11.5 Å². The van der Waals surface area contributed by atoms with Crippen LogP contribution in [0.2, 0.25) is 0 Å². The number of rotatable bonds is 7. The molecule has 0 radical (unpaired) electrons. The number of ether oxygens (including phenoxy) is 2. The van der Waals surface area contributed by atoms with Crippen molar-refractivity contribution in [1.29, 1.82) is 0 Å². The highest BCUT2D eigenvalue weighted by Crippen LogP contribution is 2.59. The Morgan fingerprint density at radius 3 is 1.68 bits per heavy atom. The molecule has 0 heterocycles. The second-order valence-corrected chi connectivity index (χ2v) is 10.4.